The van der Waals surface area contributed by atoms with E-state index in [2.05, 4.69) is 46.0 Å². The van der Waals surface area contributed by atoms with Gasteiger partial charge < -0.3 is 28.5 Å². The summed E-state index contributed by atoms with van der Waals surface area (Å²) in [4.78, 5) is 0. The lowest BCUT2D eigenvalue weighted by Gasteiger charge is -2.37. The Bertz CT molecular complexity index is 1080. The van der Waals surface area contributed by atoms with E-state index in [9.17, 15) is 5.11 Å². The molecule has 35 heavy (non-hydrogen) atoms. The monoisotopic (exact) mass is 500 g/mol. The van der Waals surface area contributed by atoms with Gasteiger partial charge in [-0.25, -0.2) is 0 Å². The molecule has 0 aliphatic heterocycles. The number of ether oxygens (including phenoxy) is 4. The minimum Gasteiger partial charge on any atom is -0.541 e. The van der Waals surface area contributed by atoms with Crippen molar-refractivity contribution in [3.63, 3.8) is 0 Å². The first-order valence-electron chi connectivity index (χ1n) is 12.0. The number of fused-ring (bicyclic) bond motifs is 1. The zero-order valence-electron chi connectivity index (χ0n) is 22.6. The summed E-state index contributed by atoms with van der Waals surface area (Å²) in [7, 11) is 4.44. The van der Waals surface area contributed by atoms with Gasteiger partial charge in [0.15, 0.2) is 17.2 Å². The summed E-state index contributed by atoms with van der Waals surface area (Å²) in [5, 5.41) is 10.1. The lowest BCUT2D eigenvalue weighted by atomic mass is 9.92. The van der Waals surface area contributed by atoms with E-state index >= 15 is 0 Å². The van der Waals surface area contributed by atoms with Gasteiger partial charge in [-0.3, -0.25) is 0 Å². The van der Waals surface area contributed by atoms with Gasteiger partial charge in [-0.1, -0.05) is 32.9 Å². The largest absolute Gasteiger partial charge is 0.541 e. The van der Waals surface area contributed by atoms with Gasteiger partial charge in [-0.05, 0) is 65.9 Å². The molecule has 0 unspecified atom stereocenters. The van der Waals surface area contributed by atoms with Crippen molar-refractivity contribution in [1.29, 1.82) is 0 Å². The third kappa shape index (κ3) is 5.31. The Hall–Kier alpha value is -2.64. The molecule has 0 heterocycles. The molecule has 7 heteroatoms. The number of aliphatic hydroxyl groups is 1. The fourth-order valence-electron chi connectivity index (χ4n) is 4.19. The Morgan fingerprint density at radius 1 is 0.886 bits per heavy atom. The summed E-state index contributed by atoms with van der Waals surface area (Å²) >= 11 is 0. The molecular weight excluding hydrogens is 460 g/mol. The number of hydrogen-bond donors (Lipinski definition) is 1. The van der Waals surface area contributed by atoms with E-state index in [1.807, 2.05) is 18.2 Å². The Morgan fingerprint density at radius 2 is 1.54 bits per heavy atom. The molecule has 3 rings (SSSR count). The Kier molecular flexibility index (Phi) is 8.12. The van der Waals surface area contributed by atoms with Crippen LogP contribution < -0.4 is 23.4 Å². The number of methoxy groups -OCH3 is 4. The summed E-state index contributed by atoms with van der Waals surface area (Å²) in [6, 6.07) is 8.05. The van der Waals surface area contributed by atoms with Crippen LogP contribution in [0.2, 0.25) is 18.1 Å². The molecule has 0 saturated heterocycles. The Balaban J connectivity index is 2.24. The van der Waals surface area contributed by atoms with Gasteiger partial charge in [0.05, 0.1) is 28.4 Å². The Morgan fingerprint density at radius 3 is 2.09 bits per heavy atom. The van der Waals surface area contributed by atoms with E-state index in [1.54, 1.807) is 28.4 Å². The van der Waals surface area contributed by atoms with Crippen LogP contribution in [0.5, 0.6) is 28.7 Å². The first-order chi connectivity index (χ1) is 16.5. The van der Waals surface area contributed by atoms with Crippen molar-refractivity contribution in [3.05, 3.63) is 47.0 Å². The zero-order valence-corrected chi connectivity index (χ0v) is 23.6. The van der Waals surface area contributed by atoms with E-state index in [1.165, 1.54) is 0 Å². The van der Waals surface area contributed by atoms with Crippen LogP contribution in [-0.2, 0) is 6.42 Å². The second-order valence-corrected chi connectivity index (χ2v) is 15.2. The molecule has 1 atom stereocenters. The van der Waals surface area contributed by atoms with Crippen molar-refractivity contribution in [2.75, 3.05) is 35.0 Å². The average molecular weight is 501 g/mol. The van der Waals surface area contributed by atoms with E-state index < -0.39 is 8.32 Å². The van der Waals surface area contributed by atoms with Crippen molar-refractivity contribution in [2.45, 2.75) is 51.7 Å². The molecule has 0 bridgehead atoms. The van der Waals surface area contributed by atoms with Crippen LogP contribution in [0.3, 0.4) is 0 Å². The summed E-state index contributed by atoms with van der Waals surface area (Å²) in [6.07, 6.45) is 3.69. The van der Waals surface area contributed by atoms with Gasteiger partial charge in [-0.2, -0.15) is 0 Å². The summed E-state index contributed by atoms with van der Waals surface area (Å²) in [5.41, 5.74) is 4.02. The van der Waals surface area contributed by atoms with Crippen LogP contribution in [0, 0.1) is 5.92 Å². The highest BCUT2D eigenvalue weighted by Gasteiger charge is 2.39. The highest BCUT2D eigenvalue weighted by Crippen LogP contribution is 2.48. The minimum atomic E-state index is -2.11. The van der Waals surface area contributed by atoms with Crippen LogP contribution in [0.15, 0.2) is 30.3 Å². The van der Waals surface area contributed by atoms with Crippen molar-refractivity contribution in [3.8, 4) is 28.7 Å². The predicted molar refractivity (Wildman–Crippen MR) is 143 cm³/mol. The lowest BCUT2D eigenvalue weighted by molar-refractivity contribution is 0.246. The smallest absolute Gasteiger partial charge is 0.250 e. The van der Waals surface area contributed by atoms with E-state index in [4.69, 9.17) is 23.4 Å². The third-order valence-corrected chi connectivity index (χ3v) is 11.6. The molecule has 2 aromatic rings. The molecule has 6 nitrogen and oxygen atoms in total. The molecule has 1 aliphatic rings. The van der Waals surface area contributed by atoms with Crippen molar-refractivity contribution < 1.29 is 28.5 Å². The number of hydrogen-bond acceptors (Lipinski definition) is 6. The Labute approximate surface area is 210 Å². The van der Waals surface area contributed by atoms with Crippen molar-refractivity contribution >= 4 is 13.9 Å². The molecule has 0 aromatic heterocycles. The molecule has 0 radical (unpaired) electrons. The lowest BCUT2D eigenvalue weighted by Crippen LogP contribution is -2.43. The maximum Gasteiger partial charge on any atom is 0.250 e. The fourth-order valence-corrected chi connectivity index (χ4v) is 5.21. The third-order valence-electron chi connectivity index (χ3n) is 7.27. The summed E-state index contributed by atoms with van der Waals surface area (Å²) in [5.74, 6) is 3.28. The first-order valence-corrected chi connectivity index (χ1v) is 14.9. The normalized spacial score (nSPS) is 16.1. The second kappa shape index (κ2) is 10.5. The fraction of sp³-hybridized carbons (Fsp3) is 0.500. The molecule has 0 amide bonds. The minimum absolute atomic E-state index is 0.00552. The van der Waals surface area contributed by atoms with Gasteiger partial charge >= 0.3 is 0 Å². The van der Waals surface area contributed by atoms with Crippen molar-refractivity contribution in [1.82, 2.24) is 0 Å². The highest BCUT2D eigenvalue weighted by atomic mass is 28.4. The summed E-state index contributed by atoms with van der Waals surface area (Å²) < 4.78 is 29.5. The number of aliphatic hydroxyl groups excluding tert-OH is 1. The number of benzene rings is 2. The van der Waals surface area contributed by atoms with Crippen LogP contribution in [0.1, 0.15) is 43.9 Å². The van der Waals surface area contributed by atoms with Gasteiger partial charge in [0.25, 0.3) is 8.32 Å². The topological polar surface area (TPSA) is 66.4 Å². The zero-order chi connectivity index (χ0) is 26.0. The van der Waals surface area contributed by atoms with Gasteiger partial charge in [0, 0.05) is 18.1 Å². The molecular formula is C28H40O6Si. The van der Waals surface area contributed by atoms with Crippen molar-refractivity contribution in [2.24, 2.45) is 5.92 Å². The molecule has 0 spiro atoms. The standard InChI is InChI=1S/C28H40O6Si/c1-28(2,3)35(8,9)34-24-15-19(11-13-23(24)30-4)21-14-18(17-29)10-12-20-22(21)16-25(31-5)27(33-7)26(20)32-6/h11,13-16,18,29H,10,12,17H2,1-9H3/t18-/m1/s1. The number of rotatable bonds is 8. The highest BCUT2D eigenvalue weighted by molar-refractivity contribution is 6.74. The van der Waals surface area contributed by atoms with E-state index in [-0.39, 0.29) is 17.6 Å². The predicted octanol–water partition coefficient (Wildman–Crippen LogP) is 6.09. The quantitative estimate of drug-likeness (QED) is 0.442. The first kappa shape index (κ1) is 27.0. The second-order valence-electron chi connectivity index (χ2n) is 10.5. The average Bonchev–Trinajstić information content (AvgIpc) is 3.01. The van der Waals surface area contributed by atoms with Crippen LogP contribution in [0.4, 0.5) is 0 Å². The van der Waals surface area contributed by atoms with Crippen LogP contribution in [-0.4, -0.2) is 48.5 Å². The maximum absolute atomic E-state index is 10.1. The summed E-state index contributed by atoms with van der Waals surface area (Å²) in [6.45, 7) is 11.2. The van der Waals surface area contributed by atoms with Crippen LogP contribution >= 0.6 is 0 Å². The molecule has 192 valence electrons. The van der Waals surface area contributed by atoms with Gasteiger partial charge in [0.1, 0.15) is 5.75 Å². The molecule has 2 aromatic carbocycles. The van der Waals surface area contributed by atoms with Gasteiger partial charge in [-0.15, -0.1) is 0 Å². The molecule has 0 fully saturated rings. The SMILES string of the molecule is COc1ccc(C2=C[C@H](CO)CCc3c2cc(OC)c(OC)c3OC)cc1O[Si](C)(C)C(C)(C)C. The molecule has 1 aliphatic carbocycles. The van der Waals surface area contributed by atoms with E-state index in [0.29, 0.717) is 23.0 Å². The van der Waals surface area contributed by atoms with Crippen LogP contribution in [0.25, 0.3) is 5.57 Å². The van der Waals surface area contributed by atoms with Gasteiger partial charge in [0.2, 0.25) is 5.75 Å². The molecule has 1 N–H and O–H groups in total. The molecule has 0 saturated carbocycles. The maximum atomic E-state index is 10.1. The van der Waals surface area contributed by atoms with E-state index in [0.717, 1.165) is 40.9 Å².